The predicted molar refractivity (Wildman–Crippen MR) is 132 cm³/mol. The summed E-state index contributed by atoms with van der Waals surface area (Å²) in [6.07, 6.45) is 5.01. The zero-order valence-corrected chi connectivity index (χ0v) is 20.1. The lowest BCUT2D eigenvalue weighted by atomic mass is 9.95. The third kappa shape index (κ3) is 5.12. The molecule has 0 aromatic heterocycles. The van der Waals surface area contributed by atoms with E-state index in [1.54, 1.807) is 6.92 Å². The fourth-order valence-electron chi connectivity index (χ4n) is 5.60. The van der Waals surface area contributed by atoms with Crippen LogP contribution < -0.4 is 4.74 Å². The van der Waals surface area contributed by atoms with Gasteiger partial charge in [0.15, 0.2) is 0 Å². The molecule has 180 valence electrons. The molecule has 0 bridgehead atoms. The normalized spacial score (nSPS) is 20.1. The second-order valence-corrected chi connectivity index (χ2v) is 9.86. The number of fused-ring (bicyclic) bond motifs is 1. The lowest BCUT2D eigenvalue weighted by molar-refractivity contribution is -0.130. The van der Waals surface area contributed by atoms with Crippen molar-refractivity contribution >= 4 is 11.8 Å². The number of ether oxygens (including phenoxy) is 1. The average molecular weight is 462 g/mol. The summed E-state index contributed by atoms with van der Waals surface area (Å²) < 4.78 is 6.10. The highest BCUT2D eigenvalue weighted by Gasteiger charge is 2.29. The maximum absolute atomic E-state index is 13.1. The number of carbonyl (C=O) groups is 2. The molecule has 2 aromatic rings. The van der Waals surface area contributed by atoms with Gasteiger partial charge in [-0.3, -0.25) is 14.5 Å². The van der Waals surface area contributed by atoms with Gasteiger partial charge in [-0.2, -0.15) is 0 Å². The molecule has 6 nitrogen and oxygen atoms in total. The third-order valence-electron chi connectivity index (χ3n) is 7.72. The smallest absolute Gasteiger partial charge is 0.253 e. The van der Waals surface area contributed by atoms with E-state index in [1.165, 1.54) is 11.1 Å². The topological polar surface area (TPSA) is 53.1 Å². The second-order valence-electron chi connectivity index (χ2n) is 9.86. The summed E-state index contributed by atoms with van der Waals surface area (Å²) in [5.74, 6) is 1.04. The molecular formula is C28H35N3O3. The van der Waals surface area contributed by atoms with Crippen molar-refractivity contribution in [3.8, 4) is 5.75 Å². The number of carbonyl (C=O) groups excluding carboxylic acids is 2. The van der Waals surface area contributed by atoms with Gasteiger partial charge in [-0.25, -0.2) is 0 Å². The van der Waals surface area contributed by atoms with E-state index < -0.39 is 0 Å². The highest BCUT2D eigenvalue weighted by atomic mass is 16.5. The Hall–Kier alpha value is -2.86. The van der Waals surface area contributed by atoms with E-state index in [2.05, 4.69) is 29.2 Å². The highest BCUT2D eigenvalue weighted by molar-refractivity contribution is 5.94. The predicted octanol–water partition coefficient (Wildman–Crippen LogP) is 3.74. The zero-order valence-electron chi connectivity index (χ0n) is 20.1. The van der Waals surface area contributed by atoms with Gasteiger partial charge in [0.05, 0.1) is 0 Å². The third-order valence-corrected chi connectivity index (χ3v) is 7.72. The number of hydrogen-bond acceptors (Lipinski definition) is 4. The lowest BCUT2D eigenvalue weighted by Crippen LogP contribution is -2.48. The Bertz CT molecular complexity index is 1010. The molecule has 2 saturated heterocycles. The zero-order chi connectivity index (χ0) is 23.5. The Labute approximate surface area is 202 Å². The molecular weight excluding hydrogens is 426 g/mol. The van der Waals surface area contributed by atoms with Crippen LogP contribution in [0.5, 0.6) is 5.75 Å². The first-order chi connectivity index (χ1) is 16.6. The molecule has 3 heterocycles. The average Bonchev–Trinajstić information content (AvgIpc) is 2.89. The Morgan fingerprint density at radius 3 is 2.12 bits per heavy atom. The van der Waals surface area contributed by atoms with Gasteiger partial charge in [0.1, 0.15) is 11.9 Å². The number of piperidine rings is 2. The standard InChI is InChI=1S/C28H35N3O3/c1-21(32)29-18-13-27(14-19-29)34-26-8-6-23(7-9-26)28(33)30-16-11-25(12-17-30)31-15-10-22-4-2-3-5-24(22)20-31/h2-9,25,27H,10-20H2,1H3. The fraction of sp³-hybridized carbons (Fsp3) is 0.500. The number of nitrogens with zero attached hydrogens (tertiary/aromatic N) is 3. The van der Waals surface area contributed by atoms with Crippen LogP contribution in [0.25, 0.3) is 0 Å². The maximum atomic E-state index is 13.1. The Morgan fingerprint density at radius 2 is 1.44 bits per heavy atom. The van der Waals surface area contributed by atoms with Crippen LogP contribution >= 0.6 is 0 Å². The van der Waals surface area contributed by atoms with E-state index in [9.17, 15) is 9.59 Å². The number of benzene rings is 2. The summed E-state index contributed by atoms with van der Waals surface area (Å²) >= 11 is 0. The van der Waals surface area contributed by atoms with Crippen molar-refractivity contribution in [2.24, 2.45) is 0 Å². The van der Waals surface area contributed by atoms with E-state index in [4.69, 9.17) is 4.74 Å². The van der Waals surface area contributed by atoms with Crippen LogP contribution in [-0.2, 0) is 17.8 Å². The van der Waals surface area contributed by atoms with Crippen molar-refractivity contribution in [3.05, 3.63) is 65.2 Å². The number of rotatable bonds is 4. The lowest BCUT2D eigenvalue weighted by Gasteiger charge is -2.40. The summed E-state index contributed by atoms with van der Waals surface area (Å²) in [6, 6.07) is 16.9. The molecule has 0 saturated carbocycles. The number of hydrogen-bond donors (Lipinski definition) is 0. The first-order valence-electron chi connectivity index (χ1n) is 12.7. The minimum Gasteiger partial charge on any atom is -0.490 e. The van der Waals surface area contributed by atoms with E-state index in [-0.39, 0.29) is 17.9 Å². The van der Waals surface area contributed by atoms with Crippen molar-refractivity contribution in [1.82, 2.24) is 14.7 Å². The summed E-state index contributed by atoms with van der Waals surface area (Å²) in [4.78, 5) is 31.0. The molecule has 34 heavy (non-hydrogen) atoms. The van der Waals surface area contributed by atoms with Crippen molar-refractivity contribution in [2.75, 3.05) is 32.7 Å². The molecule has 3 aliphatic heterocycles. The van der Waals surface area contributed by atoms with Crippen molar-refractivity contribution < 1.29 is 14.3 Å². The first-order valence-corrected chi connectivity index (χ1v) is 12.7. The van der Waals surface area contributed by atoms with Gasteiger partial charge in [-0.05, 0) is 54.7 Å². The minimum atomic E-state index is 0.115. The van der Waals surface area contributed by atoms with Gasteiger partial charge in [0.25, 0.3) is 5.91 Å². The van der Waals surface area contributed by atoms with Crippen LogP contribution in [0.4, 0.5) is 0 Å². The van der Waals surface area contributed by atoms with Gasteiger partial charge in [-0.1, -0.05) is 24.3 Å². The monoisotopic (exact) mass is 461 g/mol. The fourth-order valence-corrected chi connectivity index (χ4v) is 5.60. The largest absolute Gasteiger partial charge is 0.490 e. The molecule has 0 unspecified atom stereocenters. The highest BCUT2D eigenvalue weighted by Crippen LogP contribution is 2.26. The van der Waals surface area contributed by atoms with Gasteiger partial charge in [-0.15, -0.1) is 0 Å². The molecule has 6 heteroatoms. The van der Waals surface area contributed by atoms with Gasteiger partial charge in [0.2, 0.25) is 5.91 Å². The van der Waals surface area contributed by atoms with E-state index in [0.29, 0.717) is 6.04 Å². The van der Waals surface area contributed by atoms with E-state index >= 15 is 0 Å². The molecule has 2 fully saturated rings. The Balaban J connectivity index is 1.10. The van der Waals surface area contributed by atoms with E-state index in [0.717, 1.165) is 82.7 Å². The number of amides is 2. The van der Waals surface area contributed by atoms with Crippen LogP contribution in [0.2, 0.25) is 0 Å². The summed E-state index contributed by atoms with van der Waals surface area (Å²) in [5.41, 5.74) is 3.67. The van der Waals surface area contributed by atoms with Crippen LogP contribution in [-0.4, -0.2) is 71.4 Å². The molecule has 0 atom stereocenters. The first kappa shape index (κ1) is 22.9. The van der Waals surface area contributed by atoms with E-state index in [1.807, 2.05) is 34.1 Å². The summed E-state index contributed by atoms with van der Waals surface area (Å²) in [5, 5.41) is 0. The summed E-state index contributed by atoms with van der Waals surface area (Å²) in [7, 11) is 0. The molecule has 0 spiro atoms. The molecule has 0 aliphatic carbocycles. The van der Waals surface area contributed by atoms with Gasteiger partial charge in [0, 0.05) is 70.6 Å². The molecule has 0 N–H and O–H groups in total. The van der Waals surface area contributed by atoms with Gasteiger partial charge < -0.3 is 14.5 Å². The Kier molecular flexibility index (Phi) is 6.86. The van der Waals surface area contributed by atoms with Crippen molar-refractivity contribution in [3.63, 3.8) is 0 Å². The molecule has 5 rings (SSSR count). The molecule has 3 aliphatic rings. The maximum Gasteiger partial charge on any atom is 0.253 e. The van der Waals surface area contributed by atoms with Crippen LogP contribution in [0.1, 0.15) is 54.1 Å². The molecule has 2 aromatic carbocycles. The van der Waals surface area contributed by atoms with Gasteiger partial charge >= 0.3 is 0 Å². The van der Waals surface area contributed by atoms with Crippen LogP contribution in [0.15, 0.2) is 48.5 Å². The molecule has 0 radical (unpaired) electrons. The number of likely N-dealkylation sites (tertiary alicyclic amines) is 2. The molecule has 2 amide bonds. The minimum absolute atomic E-state index is 0.115. The van der Waals surface area contributed by atoms with Crippen LogP contribution in [0.3, 0.4) is 0 Å². The summed E-state index contributed by atoms with van der Waals surface area (Å²) in [6.45, 7) is 6.89. The Morgan fingerprint density at radius 1 is 0.794 bits per heavy atom. The van der Waals surface area contributed by atoms with Crippen molar-refractivity contribution in [1.29, 1.82) is 0 Å². The second kappa shape index (κ2) is 10.2. The SMILES string of the molecule is CC(=O)N1CCC(Oc2ccc(C(=O)N3CCC(N4CCc5ccccc5C4)CC3)cc2)CC1. The van der Waals surface area contributed by atoms with Crippen molar-refractivity contribution in [2.45, 2.75) is 57.7 Å². The quantitative estimate of drug-likeness (QED) is 0.696. The van der Waals surface area contributed by atoms with Crippen LogP contribution in [0, 0.1) is 0 Å².